The van der Waals surface area contributed by atoms with Crippen molar-refractivity contribution < 1.29 is 29.0 Å². The number of allylic oxidation sites excluding steroid dienone is 2. The first-order valence-corrected chi connectivity index (χ1v) is 8.69. The lowest BCUT2D eigenvalue weighted by atomic mass is 9.75. The summed E-state index contributed by atoms with van der Waals surface area (Å²) < 4.78 is 10.1. The first kappa shape index (κ1) is 21.1. The van der Waals surface area contributed by atoms with Crippen LogP contribution in [0.1, 0.15) is 36.7 Å². The van der Waals surface area contributed by atoms with Crippen LogP contribution in [-0.4, -0.2) is 35.5 Å². The molecule has 0 aromatic heterocycles. The molecule has 2 rings (SSSR count). The summed E-state index contributed by atoms with van der Waals surface area (Å²) >= 11 is 0. The van der Waals surface area contributed by atoms with E-state index in [4.69, 9.17) is 9.47 Å². The highest BCUT2D eigenvalue weighted by Gasteiger charge is 2.37. The van der Waals surface area contributed by atoms with Gasteiger partial charge in [0.1, 0.15) is 5.75 Å². The van der Waals surface area contributed by atoms with Gasteiger partial charge in [0.25, 0.3) is 0 Å². The van der Waals surface area contributed by atoms with Crippen LogP contribution in [0, 0.1) is 24.2 Å². The van der Waals surface area contributed by atoms with Crippen LogP contribution in [0.25, 0.3) is 0 Å². The van der Waals surface area contributed by atoms with Gasteiger partial charge < -0.3 is 14.6 Å². The lowest BCUT2D eigenvalue weighted by Crippen LogP contribution is -2.34. The molecule has 0 bridgehead atoms. The van der Waals surface area contributed by atoms with Gasteiger partial charge in [-0.05, 0) is 61.3 Å². The fourth-order valence-corrected chi connectivity index (χ4v) is 2.79. The van der Waals surface area contributed by atoms with Gasteiger partial charge in [-0.2, -0.15) is 0 Å². The Morgan fingerprint density at radius 1 is 1.21 bits per heavy atom. The van der Waals surface area contributed by atoms with Crippen molar-refractivity contribution in [3.63, 3.8) is 0 Å². The van der Waals surface area contributed by atoms with E-state index in [9.17, 15) is 19.5 Å². The Labute approximate surface area is 163 Å². The zero-order valence-corrected chi connectivity index (χ0v) is 16.2. The molecule has 146 valence electrons. The molecular weight excluding hydrogens is 360 g/mol. The Bertz CT molecular complexity index is 928. The minimum atomic E-state index is -1.25. The van der Waals surface area contributed by atoms with Crippen molar-refractivity contribution in [2.45, 2.75) is 33.8 Å². The number of ketones is 1. The van der Waals surface area contributed by atoms with Crippen LogP contribution >= 0.6 is 0 Å². The maximum absolute atomic E-state index is 13.2. The van der Waals surface area contributed by atoms with E-state index in [2.05, 4.69) is 11.8 Å². The van der Waals surface area contributed by atoms with Crippen LogP contribution in [0.3, 0.4) is 0 Å². The molecule has 1 unspecified atom stereocenters. The summed E-state index contributed by atoms with van der Waals surface area (Å²) in [7, 11) is 0. The molecule has 6 heteroatoms. The summed E-state index contributed by atoms with van der Waals surface area (Å²) in [6.07, 6.45) is 4.02. The van der Waals surface area contributed by atoms with Gasteiger partial charge in [-0.15, -0.1) is 0 Å². The van der Waals surface area contributed by atoms with Gasteiger partial charge in [0.2, 0.25) is 0 Å². The average Bonchev–Trinajstić information content (AvgIpc) is 2.85. The molecule has 1 aromatic carbocycles. The molecule has 1 aliphatic carbocycles. The third-order valence-corrected chi connectivity index (χ3v) is 4.36. The van der Waals surface area contributed by atoms with Crippen molar-refractivity contribution in [2.75, 3.05) is 6.61 Å². The molecule has 6 nitrogen and oxygen atoms in total. The third kappa shape index (κ3) is 4.76. The molecule has 0 amide bonds. The number of hydrogen-bond donors (Lipinski definition) is 1. The quantitative estimate of drug-likeness (QED) is 0.352. The molecular formula is C22H22O6. The predicted molar refractivity (Wildman–Crippen MR) is 103 cm³/mol. The number of carbonyl (C=O) groups is 3. The predicted octanol–water partition coefficient (Wildman–Crippen LogP) is 2.53. The summed E-state index contributed by atoms with van der Waals surface area (Å²) in [5.41, 5.74) is 0.274. The van der Waals surface area contributed by atoms with E-state index in [1.54, 1.807) is 38.1 Å². The van der Waals surface area contributed by atoms with Crippen LogP contribution in [0.15, 0.2) is 42.0 Å². The van der Waals surface area contributed by atoms with E-state index < -0.39 is 30.1 Å². The number of rotatable bonds is 6. The number of hydrogen-bond acceptors (Lipinski definition) is 6. The SMILES string of the molecule is CC(=O)Oc1ccc(C(=O)[C@](C)(CO)C2=CC#CC(OC(C)=O)C=C2)c(C)c1. The van der Waals surface area contributed by atoms with Crippen LogP contribution in [0.4, 0.5) is 0 Å². The molecule has 0 saturated carbocycles. The van der Waals surface area contributed by atoms with Gasteiger partial charge in [-0.1, -0.05) is 12.0 Å². The number of aryl methyl sites for hydroxylation is 1. The van der Waals surface area contributed by atoms with Crippen molar-refractivity contribution in [1.82, 2.24) is 0 Å². The number of esters is 2. The molecule has 1 aromatic rings. The van der Waals surface area contributed by atoms with Crippen molar-refractivity contribution in [3.05, 3.63) is 53.1 Å². The van der Waals surface area contributed by atoms with E-state index in [1.165, 1.54) is 26.0 Å². The van der Waals surface area contributed by atoms with Crippen LogP contribution in [0.5, 0.6) is 5.75 Å². The van der Waals surface area contributed by atoms with E-state index in [-0.39, 0.29) is 5.78 Å². The summed E-state index contributed by atoms with van der Waals surface area (Å²) in [6.45, 7) is 5.50. The Morgan fingerprint density at radius 3 is 2.50 bits per heavy atom. The third-order valence-electron chi connectivity index (χ3n) is 4.36. The van der Waals surface area contributed by atoms with Crippen molar-refractivity contribution in [1.29, 1.82) is 0 Å². The second kappa shape index (κ2) is 8.68. The van der Waals surface area contributed by atoms with E-state index in [1.807, 2.05) is 0 Å². The second-order valence-electron chi connectivity index (χ2n) is 6.67. The number of aliphatic hydroxyl groups is 1. The van der Waals surface area contributed by atoms with Gasteiger partial charge in [-0.25, -0.2) is 0 Å². The van der Waals surface area contributed by atoms with Gasteiger partial charge in [-0.3, -0.25) is 14.4 Å². The standard InChI is InChI=1S/C22H22O6/c1-14-12-19(28-16(3)25)10-11-20(14)21(26)22(4,13-23)17-6-5-7-18(9-8-17)27-15(2)24/h6,8-12,18,23H,13H2,1-4H3/t18?,22-/m1/s1. The fraction of sp³-hybridized carbons (Fsp3) is 0.318. The minimum Gasteiger partial charge on any atom is -0.445 e. The Hall–Kier alpha value is -3.17. The zero-order valence-electron chi connectivity index (χ0n) is 16.2. The van der Waals surface area contributed by atoms with Crippen molar-refractivity contribution in [3.8, 4) is 17.6 Å². The lowest BCUT2D eigenvalue weighted by molar-refractivity contribution is -0.142. The summed E-state index contributed by atoms with van der Waals surface area (Å²) in [5, 5.41) is 10.0. The van der Waals surface area contributed by atoms with E-state index in [0.29, 0.717) is 22.4 Å². The number of benzene rings is 1. The fourth-order valence-electron chi connectivity index (χ4n) is 2.79. The van der Waals surface area contributed by atoms with Gasteiger partial charge >= 0.3 is 11.9 Å². The molecule has 1 N–H and O–H groups in total. The van der Waals surface area contributed by atoms with Crippen LogP contribution < -0.4 is 4.74 Å². The number of ether oxygens (including phenoxy) is 2. The highest BCUT2D eigenvalue weighted by atomic mass is 16.5. The smallest absolute Gasteiger partial charge is 0.308 e. The monoisotopic (exact) mass is 382 g/mol. The highest BCUT2D eigenvalue weighted by molar-refractivity contribution is 6.04. The van der Waals surface area contributed by atoms with Gasteiger partial charge in [0.05, 0.1) is 12.0 Å². The van der Waals surface area contributed by atoms with E-state index >= 15 is 0 Å². The maximum Gasteiger partial charge on any atom is 0.308 e. The topological polar surface area (TPSA) is 89.9 Å². The molecule has 0 radical (unpaired) electrons. The lowest BCUT2D eigenvalue weighted by Gasteiger charge is -2.28. The molecule has 28 heavy (non-hydrogen) atoms. The van der Waals surface area contributed by atoms with Gasteiger partial charge in [0.15, 0.2) is 11.9 Å². The largest absolute Gasteiger partial charge is 0.445 e. The minimum absolute atomic E-state index is 0.300. The van der Waals surface area contributed by atoms with Crippen molar-refractivity contribution >= 4 is 17.7 Å². The zero-order chi connectivity index (χ0) is 20.9. The molecule has 2 atom stereocenters. The van der Waals surface area contributed by atoms with E-state index in [0.717, 1.165) is 0 Å². The van der Waals surface area contributed by atoms with Crippen LogP contribution in [-0.2, 0) is 14.3 Å². The first-order valence-electron chi connectivity index (χ1n) is 8.69. The Morgan fingerprint density at radius 2 is 1.93 bits per heavy atom. The molecule has 0 fully saturated rings. The first-order chi connectivity index (χ1) is 13.2. The molecule has 0 aliphatic heterocycles. The highest BCUT2D eigenvalue weighted by Crippen LogP contribution is 2.34. The Kier molecular flexibility index (Phi) is 6.55. The molecule has 0 saturated heterocycles. The Balaban J connectivity index is 2.34. The molecule has 0 heterocycles. The molecule has 1 aliphatic rings. The van der Waals surface area contributed by atoms with Crippen molar-refractivity contribution in [2.24, 2.45) is 5.41 Å². The number of aliphatic hydroxyl groups excluding tert-OH is 1. The average molecular weight is 382 g/mol. The number of Topliss-reactive ketones (excluding diaryl/α,β-unsaturated/α-hetero) is 1. The normalized spacial score (nSPS) is 17.3. The molecule has 0 spiro atoms. The second-order valence-corrected chi connectivity index (χ2v) is 6.67. The summed E-state index contributed by atoms with van der Waals surface area (Å²) in [5.74, 6) is 4.66. The number of carbonyl (C=O) groups excluding carboxylic acids is 3. The van der Waals surface area contributed by atoms with Gasteiger partial charge in [0, 0.05) is 19.4 Å². The maximum atomic E-state index is 13.2. The summed E-state index contributed by atoms with van der Waals surface area (Å²) in [6, 6.07) is 4.70. The summed E-state index contributed by atoms with van der Waals surface area (Å²) in [4.78, 5) is 35.5. The van der Waals surface area contributed by atoms with Crippen LogP contribution in [0.2, 0.25) is 0 Å².